The highest BCUT2D eigenvalue weighted by Crippen LogP contribution is 2.26. The molecule has 0 radical (unpaired) electrons. The SMILES string of the molecule is Cc1ccc(C(=O)N2CCC(=O)C(C)(C)C2)o1. The molecule has 4 heteroatoms. The van der Waals surface area contributed by atoms with E-state index in [1.807, 2.05) is 13.8 Å². The first kappa shape index (κ1) is 11.9. The monoisotopic (exact) mass is 235 g/mol. The van der Waals surface area contributed by atoms with Crippen molar-refractivity contribution in [1.29, 1.82) is 0 Å². The molecule has 0 spiro atoms. The van der Waals surface area contributed by atoms with Gasteiger partial charge in [0.15, 0.2) is 5.76 Å². The van der Waals surface area contributed by atoms with E-state index in [9.17, 15) is 9.59 Å². The minimum atomic E-state index is -0.449. The Morgan fingerprint density at radius 2 is 2.12 bits per heavy atom. The van der Waals surface area contributed by atoms with Crippen LogP contribution in [0.5, 0.6) is 0 Å². The van der Waals surface area contributed by atoms with E-state index >= 15 is 0 Å². The summed E-state index contributed by atoms with van der Waals surface area (Å²) >= 11 is 0. The fourth-order valence-corrected chi connectivity index (χ4v) is 2.10. The molecule has 2 heterocycles. The molecule has 17 heavy (non-hydrogen) atoms. The fourth-order valence-electron chi connectivity index (χ4n) is 2.10. The first-order chi connectivity index (χ1) is 7.90. The third kappa shape index (κ3) is 2.25. The maximum absolute atomic E-state index is 12.1. The molecule has 1 aromatic heterocycles. The van der Waals surface area contributed by atoms with Gasteiger partial charge in [0.1, 0.15) is 11.5 Å². The van der Waals surface area contributed by atoms with E-state index in [0.717, 1.165) is 5.76 Å². The second-order valence-electron chi connectivity index (χ2n) is 5.19. The van der Waals surface area contributed by atoms with Crippen molar-refractivity contribution in [2.24, 2.45) is 5.41 Å². The molecule has 1 amide bonds. The molecule has 0 bridgehead atoms. The van der Waals surface area contributed by atoms with E-state index in [2.05, 4.69) is 0 Å². The Morgan fingerprint density at radius 3 is 2.65 bits per heavy atom. The van der Waals surface area contributed by atoms with Crippen LogP contribution in [-0.4, -0.2) is 29.7 Å². The number of Topliss-reactive ketones (excluding diaryl/α,β-unsaturated/α-hetero) is 1. The van der Waals surface area contributed by atoms with E-state index in [0.29, 0.717) is 25.3 Å². The smallest absolute Gasteiger partial charge is 0.289 e. The van der Waals surface area contributed by atoms with Crippen molar-refractivity contribution in [2.45, 2.75) is 27.2 Å². The molecular weight excluding hydrogens is 218 g/mol. The van der Waals surface area contributed by atoms with Crippen molar-refractivity contribution in [3.63, 3.8) is 0 Å². The Balaban J connectivity index is 2.14. The van der Waals surface area contributed by atoms with Crippen LogP contribution in [0.1, 0.15) is 36.6 Å². The third-order valence-corrected chi connectivity index (χ3v) is 3.19. The molecule has 0 aromatic carbocycles. The maximum Gasteiger partial charge on any atom is 0.289 e. The first-order valence-corrected chi connectivity index (χ1v) is 5.79. The summed E-state index contributed by atoms with van der Waals surface area (Å²) < 4.78 is 5.32. The van der Waals surface area contributed by atoms with Crippen molar-refractivity contribution < 1.29 is 14.0 Å². The molecular formula is C13H17NO3. The van der Waals surface area contributed by atoms with Crippen LogP contribution in [0.25, 0.3) is 0 Å². The lowest BCUT2D eigenvalue weighted by molar-refractivity contribution is -0.130. The van der Waals surface area contributed by atoms with Gasteiger partial charge in [-0.25, -0.2) is 0 Å². The zero-order valence-electron chi connectivity index (χ0n) is 10.4. The Labute approximate surface area is 101 Å². The lowest BCUT2D eigenvalue weighted by atomic mass is 9.82. The van der Waals surface area contributed by atoms with Crippen LogP contribution in [0.4, 0.5) is 0 Å². The number of amides is 1. The van der Waals surface area contributed by atoms with Gasteiger partial charge in [0.05, 0.1) is 0 Å². The molecule has 2 rings (SSSR count). The number of hydrogen-bond donors (Lipinski definition) is 0. The quantitative estimate of drug-likeness (QED) is 0.748. The number of piperidine rings is 1. The van der Waals surface area contributed by atoms with Gasteiger partial charge in [-0.1, -0.05) is 13.8 Å². The van der Waals surface area contributed by atoms with E-state index in [1.165, 1.54) is 0 Å². The van der Waals surface area contributed by atoms with Gasteiger partial charge < -0.3 is 9.32 Å². The summed E-state index contributed by atoms with van der Waals surface area (Å²) in [5.74, 6) is 1.17. The second kappa shape index (κ2) is 4.02. The predicted molar refractivity (Wildman–Crippen MR) is 62.8 cm³/mol. The van der Waals surface area contributed by atoms with Crippen LogP contribution in [-0.2, 0) is 4.79 Å². The maximum atomic E-state index is 12.1. The summed E-state index contributed by atoms with van der Waals surface area (Å²) in [5, 5.41) is 0. The van der Waals surface area contributed by atoms with Gasteiger partial charge in [-0.2, -0.15) is 0 Å². The van der Waals surface area contributed by atoms with Gasteiger partial charge in [0.2, 0.25) is 0 Å². The Kier molecular flexibility index (Phi) is 2.81. The summed E-state index contributed by atoms with van der Waals surface area (Å²) in [5.41, 5.74) is -0.449. The Bertz CT molecular complexity index is 459. The molecule has 1 aliphatic heterocycles. The van der Waals surface area contributed by atoms with Crippen LogP contribution >= 0.6 is 0 Å². The Morgan fingerprint density at radius 1 is 1.41 bits per heavy atom. The highest BCUT2D eigenvalue weighted by molar-refractivity contribution is 5.94. The number of furan rings is 1. The molecule has 0 unspecified atom stereocenters. The molecule has 1 fully saturated rings. The molecule has 1 saturated heterocycles. The number of carbonyl (C=O) groups excluding carboxylic acids is 2. The molecule has 4 nitrogen and oxygen atoms in total. The summed E-state index contributed by atoms with van der Waals surface area (Å²) in [6, 6.07) is 3.45. The average Bonchev–Trinajstić information content (AvgIpc) is 2.68. The summed E-state index contributed by atoms with van der Waals surface area (Å²) in [7, 11) is 0. The van der Waals surface area contributed by atoms with Crippen LogP contribution in [0.2, 0.25) is 0 Å². The number of carbonyl (C=O) groups is 2. The standard InChI is InChI=1S/C13H17NO3/c1-9-4-5-10(17-9)12(16)14-7-6-11(15)13(2,3)8-14/h4-5H,6-8H2,1-3H3. The number of nitrogens with zero attached hydrogens (tertiary/aromatic N) is 1. The highest BCUT2D eigenvalue weighted by atomic mass is 16.3. The second-order valence-corrected chi connectivity index (χ2v) is 5.19. The van der Waals surface area contributed by atoms with Gasteiger partial charge in [0, 0.05) is 24.9 Å². The van der Waals surface area contributed by atoms with E-state index in [4.69, 9.17) is 4.42 Å². The molecule has 0 aliphatic carbocycles. The van der Waals surface area contributed by atoms with Crippen LogP contribution in [0.15, 0.2) is 16.5 Å². The van der Waals surface area contributed by atoms with Gasteiger partial charge in [-0.05, 0) is 19.1 Å². The number of hydrogen-bond acceptors (Lipinski definition) is 3. The van der Waals surface area contributed by atoms with Gasteiger partial charge in [-0.3, -0.25) is 9.59 Å². The summed E-state index contributed by atoms with van der Waals surface area (Å²) in [4.78, 5) is 25.5. The van der Waals surface area contributed by atoms with E-state index < -0.39 is 5.41 Å². The highest BCUT2D eigenvalue weighted by Gasteiger charge is 2.36. The number of aryl methyl sites for hydroxylation is 1. The van der Waals surface area contributed by atoms with Crippen molar-refractivity contribution in [2.75, 3.05) is 13.1 Å². The zero-order valence-corrected chi connectivity index (χ0v) is 10.4. The van der Waals surface area contributed by atoms with Crippen LogP contribution in [0.3, 0.4) is 0 Å². The minimum Gasteiger partial charge on any atom is -0.456 e. The van der Waals surface area contributed by atoms with Crippen molar-refractivity contribution in [3.8, 4) is 0 Å². The number of ketones is 1. The van der Waals surface area contributed by atoms with Crippen molar-refractivity contribution in [3.05, 3.63) is 23.7 Å². The van der Waals surface area contributed by atoms with Gasteiger partial charge in [0.25, 0.3) is 5.91 Å². The topological polar surface area (TPSA) is 50.5 Å². The summed E-state index contributed by atoms with van der Waals surface area (Å²) in [6.45, 7) is 6.51. The van der Waals surface area contributed by atoms with Crippen LogP contribution < -0.4 is 0 Å². The minimum absolute atomic E-state index is 0.126. The van der Waals surface area contributed by atoms with Gasteiger partial charge in [-0.15, -0.1) is 0 Å². The number of rotatable bonds is 1. The Hall–Kier alpha value is -1.58. The molecule has 0 saturated carbocycles. The lowest BCUT2D eigenvalue weighted by Gasteiger charge is -2.36. The summed E-state index contributed by atoms with van der Waals surface area (Å²) in [6.07, 6.45) is 0.429. The molecule has 92 valence electrons. The largest absolute Gasteiger partial charge is 0.456 e. The lowest BCUT2D eigenvalue weighted by Crippen LogP contribution is -2.48. The molecule has 1 aromatic rings. The normalized spacial score (nSPS) is 19.5. The third-order valence-electron chi connectivity index (χ3n) is 3.19. The van der Waals surface area contributed by atoms with E-state index in [1.54, 1.807) is 24.0 Å². The molecule has 0 N–H and O–H groups in total. The zero-order chi connectivity index (χ0) is 12.6. The van der Waals surface area contributed by atoms with Crippen LogP contribution in [0, 0.1) is 12.3 Å². The van der Waals surface area contributed by atoms with Gasteiger partial charge >= 0.3 is 0 Å². The first-order valence-electron chi connectivity index (χ1n) is 5.79. The van der Waals surface area contributed by atoms with Crippen molar-refractivity contribution >= 4 is 11.7 Å². The molecule has 0 atom stereocenters. The number of likely N-dealkylation sites (tertiary alicyclic amines) is 1. The average molecular weight is 235 g/mol. The molecule has 1 aliphatic rings. The fraction of sp³-hybridized carbons (Fsp3) is 0.538. The predicted octanol–water partition coefficient (Wildman–Crippen LogP) is 2.03. The van der Waals surface area contributed by atoms with E-state index in [-0.39, 0.29) is 11.7 Å². The van der Waals surface area contributed by atoms with Crippen molar-refractivity contribution in [1.82, 2.24) is 4.90 Å².